The minimum atomic E-state index is -0.825. The number of benzene rings is 1. The fourth-order valence-corrected chi connectivity index (χ4v) is 5.22. The molecule has 5 rings (SSSR count). The predicted molar refractivity (Wildman–Crippen MR) is 160 cm³/mol. The molecule has 1 aromatic carbocycles. The number of hydrogen-bond acceptors (Lipinski definition) is 8. The summed E-state index contributed by atoms with van der Waals surface area (Å²) in [5.41, 5.74) is 0.263. The molecule has 2 fully saturated rings. The molecule has 2 unspecified atom stereocenters. The zero-order valence-corrected chi connectivity index (χ0v) is 25.6. The first-order chi connectivity index (χ1) is 20.2. The molecule has 2 N–H and O–H groups in total. The number of aliphatic hydroxyl groups excluding tert-OH is 1. The number of aromatic nitrogens is 3. The van der Waals surface area contributed by atoms with Crippen molar-refractivity contribution in [1.82, 2.24) is 19.5 Å². The van der Waals surface area contributed by atoms with E-state index in [2.05, 4.69) is 10.4 Å². The van der Waals surface area contributed by atoms with E-state index in [0.29, 0.717) is 24.4 Å². The van der Waals surface area contributed by atoms with E-state index in [-0.39, 0.29) is 24.0 Å². The van der Waals surface area contributed by atoms with Gasteiger partial charge in [0.15, 0.2) is 5.65 Å². The van der Waals surface area contributed by atoms with Crippen molar-refractivity contribution in [3.63, 3.8) is 0 Å². The smallest absolute Gasteiger partial charge is 0.420 e. The third kappa shape index (κ3) is 7.01. The number of fused-ring (bicyclic) bond motifs is 1. The van der Waals surface area contributed by atoms with Gasteiger partial charge in [0.05, 0.1) is 24.0 Å². The van der Waals surface area contributed by atoms with Crippen molar-refractivity contribution in [3.05, 3.63) is 47.9 Å². The number of rotatable bonds is 5. The number of carbonyl (C=O) groups is 2. The van der Waals surface area contributed by atoms with Crippen LogP contribution in [-0.4, -0.2) is 73.2 Å². The van der Waals surface area contributed by atoms with Gasteiger partial charge in [-0.25, -0.2) is 23.9 Å². The lowest BCUT2D eigenvalue weighted by Gasteiger charge is -2.37. The number of carbonyl (C=O) groups excluding carboxylic acids is 2. The molecule has 1 saturated carbocycles. The van der Waals surface area contributed by atoms with Crippen LogP contribution < -0.4 is 10.2 Å². The molecule has 232 valence electrons. The molecule has 2 aromatic heterocycles. The Hall–Kier alpha value is -3.93. The van der Waals surface area contributed by atoms with E-state index in [4.69, 9.17) is 14.5 Å². The Morgan fingerprint density at radius 3 is 2.42 bits per heavy atom. The van der Waals surface area contributed by atoms with Gasteiger partial charge in [-0.2, -0.15) is 9.61 Å². The third-order valence-corrected chi connectivity index (χ3v) is 7.46. The first kappa shape index (κ1) is 30.5. The molecule has 0 spiro atoms. The average Bonchev–Trinajstić information content (AvgIpc) is 3.26. The molecular weight excluding hydrogens is 555 g/mol. The van der Waals surface area contributed by atoms with Crippen molar-refractivity contribution < 1.29 is 28.6 Å². The Labute approximate surface area is 251 Å². The molecule has 43 heavy (non-hydrogen) atoms. The van der Waals surface area contributed by atoms with Crippen molar-refractivity contribution in [2.75, 3.05) is 23.3 Å². The van der Waals surface area contributed by atoms with Gasteiger partial charge in [-0.1, -0.05) is 12.5 Å². The lowest BCUT2D eigenvalue weighted by Crippen LogP contribution is -2.53. The van der Waals surface area contributed by atoms with Crippen molar-refractivity contribution in [2.24, 2.45) is 0 Å². The lowest BCUT2D eigenvalue weighted by atomic mass is 9.81. The van der Waals surface area contributed by atoms with Gasteiger partial charge in [0.25, 0.3) is 0 Å². The van der Waals surface area contributed by atoms with Crippen LogP contribution in [0.5, 0.6) is 0 Å². The highest BCUT2D eigenvalue weighted by Gasteiger charge is 2.35. The molecule has 11 nitrogen and oxygen atoms in total. The minimum absolute atomic E-state index is 0.187. The normalized spacial score (nSPS) is 19.6. The topological polar surface area (TPSA) is 122 Å². The van der Waals surface area contributed by atoms with Gasteiger partial charge in [-0.05, 0) is 84.9 Å². The second-order valence-corrected chi connectivity index (χ2v) is 13.3. The maximum absolute atomic E-state index is 14.5. The molecule has 0 bridgehead atoms. The molecule has 1 saturated heterocycles. The van der Waals surface area contributed by atoms with Crippen molar-refractivity contribution in [1.29, 1.82) is 0 Å². The van der Waals surface area contributed by atoms with Crippen LogP contribution >= 0.6 is 0 Å². The summed E-state index contributed by atoms with van der Waals surface area (Å²) < 4.78 is 27.3. The molecule has 1 aliphatic carbocycles. The van der Waals surface area contributed by atoms with E-state index in [0.717, 1.165) is 24.8 Å². The van der Waals surface area contributed by atoms with Gasteiger partial charge in [-0.3, -0.25) is 0 Å². The fraction of sp³-hybridized carbons (Fsp3) is 0.548. The van der Waals surface area contributed by atoms with Gasteiger partial charge < -0.3 is 24.8 Å². The number of anilines is 3. The van der Waals surface area contributed by atoms with Gasteiger partial charge >= 0.3 is 12.2 Å². The molecule has 0 radical (unpaired) electrons. The molecule has 12 heteroatoms. The Kier molecular flexibility index (Phi) is 8.26. The number of hydrogen-bond donors (Lipinski definition) is 2. The molecular formula is C31H41FN6O5. The Morgan fingerprint density at radius 2 is 1.79 bits per heavy atom. The second kappa shape index (κ2) is 11.6. The van der Waals surface area contributed by atoms with E-state index in [1.807, 2.05) is 0 Å². The van der Waals surface area contributed by atoms with Gasteiger partial charge in [0.1, 0.15) is 28.7 Å². The highest BCUT2D eigenvalue weighted by molar-refractivity contribution is 5.96. The van der Waals surface area contributed by atoms with Crippen LogP contribution in [0.3, 0.4) is 0 Å². The zero-order chi connectivity index (χ0) is 31.1. The molecule has 1 aliphatic heterocycles. The van der Waals surface area contributed by atoms with Gasteiger partial charge in [0.2, 0.25) is 0 Å². The van der Waals surface area contributed by atoms with Crippen LogP contribution in [0.25, 0.3) is 5.65 Å². The van der Waals surface area contributed by atoms with Crippen molar-refractivity contribution in [3.8, 4) is 0 Å². The third-order valence-electron chi connectivity index (χ3n) is 7.46. The van der Waals surface area contributed by atoms with E-state index >= 15 is 0 Å². The van der Waals surface area contributed by atoms with Crippen molar-refractivity contribution >= 4 is 35.2 Å². The number of aliphatic hydroxyl groups is 1. The van der Waals surface area contributed by atoms with Crippen molar-refractivity contribution in [2.45, 2.75) is 96.5 Å². The standard InChI is InChI=1S/C31H41FN6O5/c1-30(2,3)42-28(40)36-14-13-24(39)23(18-36)34-25-16-26(38-27(35-25)22(17-33-38)19-9-7-10-19)37(29(41)43-31(4,5)6)21-12-8-11-20(32)15-21/h8,11-12,15-17,19,23-24,39H,7,9-10,13-14,18H2,1-6H3,(H,34,35). The first-order valence-corrected chi connectivity index (χ1v) is 14.8. The molecule has 3 aromatic rings. The predicted octanol–water partition coefficient (Wildman–Crippen LogP) is 5.99. The Morgan fingerprint density at radius 1 is 1.07 bits per heavy atom. The Balaban J connectivity index is 1.57. The summed E-state index contributed by atoms with van der Waals surface area (Å²) in [5, 5.41) is 18.8. The highest BCUT2D eigenvalue weighted by atomic mass is 19.1. The van der Waals surface area contributed by atoms with Crippen LogP contribution in [0.4, 0.5) is 31.3 Å². The van der Waals surface area contributed by atoms with Crippen LogP contribution in [0.2, 0.25) is 0 Å². The summed E-state index contributed by atoms with van der Waals surface area (Å²) in [6.45, 7) is 11.2. The first-order valence-electron chi connectivity index (χ1n) is 14.8. The lowest BCUT2D eigenvalue weighted by molar-refractivity contribution is 0.00688. The van der Waals surface area contributed by atoms with E-state index in [1.165, 1.54) is 23.1 Å². The van der Waals surface area contributed by atoms with E-state index in [1.54, 1.807) is 69.3 Å². The summed E-state index contributed by atoms with van der Waals surface area (Å²) in [5.74, 6) is 0.411. The summed E-state index contributed by atoms with van der Waals surface area (Å²) in [6, 6.07) is 6.75. The average molecular weight is 597 g/mol. The number of nitrogens with zero attached hydrogens (tertiary/aromatic N) is 5. The number of nitrogens with one attached hydrogen (secondary N) is 1. The molecule has 2 aliphatic rings. The Bertz CT molecular complexity index is 1490. The SMILES string of the molecule is CC(C)(C)OC(=O)N1CCC(O)C(Nc2cc(N(C(=O)OC(C)(C)C)c3cccc(F)c3)n3ncc(C4CCC4)c3n2)C1. The molecule has 3 heterocycles. The van der Waals surface area contributed by atoms with Gasteiger partial charge in [-0.15, -0.1) is 0 Å². The second-order valence-electron chi connectivity index (χ2n) is 13.3. The summed E-state index contributed by atoms with van der Waals surface area (Å²) in [7, 11) is 0. The van der Waals surface area contributed by atoms with Crippen LogP contribution in [0, 0.1) is 5.82 Å². The van der Waals surface area contributed by atoms with Crippen LogP contribution in [0.15, 0.2) is 36.5 Å². The summed E-state index contributed by atoms with van der Waals surface area (Å²) >= 11 is 0. The summed E-state index contributed by atoms with van der Waals surface area (Å²) in [4.78, 5) is 34.2. The maximum atomic E-state index is 14.5. The number of halogens is 1. The minimum Gasteiger partial charge on any atom is -0.444 e. The number of likely N-dealkylation sites (tertiary alicyclic amines) is 1. The van der Waals surface area contributed by atoms with Crippen LogP contribution in [-0.2, 0) is 9.47 Å². The fourth-order valence-electron chi connectivity index (χ4n) is 5.22. The number of amides is 2. The zero-order valence-electron chi connectivity index (χ0n) is 25.6. The summed E-state index contributed by atoms with van der Waals surface area (Å²) in [6.07, 6.45) is 3.28. The van der Waals surface area contributed by atoms with Gasteiger partial charge in [0, 0.05) is 24.7 Å². The number of piperidine rings is 1. The van der Waals surface area contributed by atoms with E-state index in [9.17, 15) is 19.1 Å². The molecule has 2 atom stereocenters. The van der Waals surface area contributed by atoms with Crippen LogP contribution in [0.1, 0.15) is 78.7 Å². The van der Waals surface area contributed by atoms with E-state index < -0.39 is 41.4 Å². The maximum Gasteiger partial charge on any atom is 0.420 e. The monoisotopic (exact) mass is 596 g/mol. The molecule has 2 amide bonds. The largest absolute Gasteiger partial charge is 0.444 e. The number of ether oxygens (including phenoxy) is 2. The highest BCUT2D eigenvalue weighted by Crippen LogP contribution is 2.40. The quantitative estimate of drug-likeness (QED) is 0.368.